The molecule has 20 heavy (non-hydrogen) atoms. The van der Waals surface area contributed by atoms with Gasteiger partial charge in [0.15, 0.2) is 0 Å². The molecule has 3 rings (SSSR count). The smallest absolute Gasteiger partial charge is 0.234 e. The predicted octanol–water partition coefficient (Wildman–Crippen LogP) is 1.41. The minimum absolute atomic E-state index is 0.0706. The van der Waals surface area contributed by atoms with E-state index in [9.17, 15) is 4.79 Å². The van der Waals surface area contributed by atoms with E-state index < -0.39 is 0 Å². The fourth-order valence-electron chi connectivity index (χ4n) is 3.64. The van der Waals surface area contributed by atoms with E-state index >= 15 is 0 Å². The molecule has 110 valence electrons. The number of amides is 1. The van der Waals surface area contributed by atoms with E-state index in [2.05, 4.69) is 10.2 Å². The summed E-state index contributed by atoms with van der Waals surface area (Å²) in [5.74, 6) is 0.864. The summed E-state index contributed by atoms with van der Waals surface area (Å²) in [4.78, 5) is 14.5. The maximum Gasteiger partial charge on any atom is 0.234 e. The van der Waals surface area contributed by atoms with Crippen LogP contribution in [0.3, 0.4) is 0 Å². The lowest BCUT2D eigenvalue weighted by atomic mass is 9.98. The molecule has 0 saturated carbocycles. The van der Waals surface area contributed by atoms with Gasteiger partial charge in [0.2, 0.25) is 5.91 Å². The van der Waals surface area contributed by atoms with Crippen LogP contribution in [0.25, 0.3) is 0 Å². The second-order valence-electron chi connectivity index (χ2n) is 6.09. The van der Waals surface area contributed by atoms with Gasteiger partial charge >= 0.3 is 0 Å². The zero-order valence-electron chi connectivity index (χ0n) is 11.9. The van der Waals surface area contributed by atoms with Crippen LogP contribution in [0.2, 0.25) is 0 Å². The van der Waals surface area contributed by atoms with Crippen molar-refractivity contribution in [3.05, 3.63) is 24.2 Å². The van der Waals surface area contributed by atoms with Crippen LogP contribution in [0.5, 0.6) is 0 Å². The van der Waals surface area contributed by atoms with Crippen LogP contribution in [0.15, 0.2) is 22.8 Å². The number of fused-ring (bicyclic) bond motifs is 2. The highest BCUT2D eigenvalue weighted by atomic mass is 16.3. The number of rotatable bonds is 4. The lowest BCUT2D eigenvalue weighted by Crippen LogP contribution is -2.51. The van der Waals surface area contributed by atoms with Crippen molar-refractivity contribution in [2.45, 2.75) is 56.8 Å². The molecular weight excluding hydrogens is 254 g/mol. The third-order valence-corrected chi connectivity index (χ3v) is 4.59. The van der Waals surface area contributed by atoms with Gasteiger partial charge in [-0.25, -0.2) is 0 Å². The average molecular weight is 277 g/mol. The van der Waals surface area contributed by atoms with Crippen LogP contribution in [0, 0.1) is 0 Å². The van der Waals surface area contributed by atoms with Crippen molar-refractivity contribution in [3.63, 3.8) is 0 Å². The quantitative estimate of drug-likeness (QED) is 0.873. The molecule has 2 saturated heterocycles. The van der Waals surface area contributed by atoms with Gasteiger partial charge in [0.25, 0.3) is 0 Å². The summed E-state index contributed by atoms with van der Waals surface area (Å²) in [6, 6.07) is 4.94. The molecule has 3 N–H and O–H groups in total. The van der Waals surface area contributed by atoms with Crippen molar-refractivity contribution in [1.29, 1.82) is 0 Å². The third kappa shape index (κ3) is 2.74. The van der Waals surface area contributed by atoms with E-state index in [1.807, 2.05) is 19.1 Å². The standard InChI is InChI=1S/C15H23N3O2/c1-10(14-3-2-6-20-14)17-15(19)9-18-12-4-5-13(18)8-11(16)7-12/h2-3,6,10-13H,4-5,7-9,16H2,1H3,(H,17,19). The molecule has 1 aromatic heterocycles. The first kappa shape index (κ1) is 13.6. The van der Waals surface area contributed by atoms with Crippen LogP contribution >= 0.6 is 0 Å². The van der Waals surface area contributed by atoms with Gasteiger partial charge in [-0.15, -0.1) is 0 Å². The summed E-state index contributed by atoms with van der Waals surface area (Å²) in [5, 5.41) is 3.00. The lowest BCUT2D eigenvalue weighted by Gasteiger charge is -2.37. The number of hydrogen-bond donors (Lipinski definition) is 2. The topological polar surface area (TPSA) is 71.5 Å². The van der Waals surface area contributed by atoms with Crippen molar-refractivity contribution in [3.8, 4) is 0 Å². The van der Waals surface area contributed by atoms with E-state index in [-0.39, 0.29) is 11.9 Å². The monoisotopic (exact) mass is 277 g/mol. The van der Waals surface area contributed by atoms with Crippen LogP contribution in [0.4, 0.5) is 0 Å². The number of nitrogens with one attached hydrogen (secondary N) is 1. The van der Waals surface area contributed by atoms with Gasteiger partial charge in [0.05, 0.1) is 18.8 Å². The molecule has 0 aliphatic carbocycles. The number of carbonyl (C=O) groups is 1. The van der Waals surface area contributed by atoms with Crippen LogP contribution < -0.4 is 11.1 Å². The SMILES string of the molecule is CC(NC(=O)CN1C2CCC1CC(N)C2)c1ccco1. The first-order chi connectivity index (χ1) is 9.63. The number of nitrogens with two attached hydrogens (primary N) is 1. The molecule has 5 heteroatoms. The molecule has 1 aromatic rings. The van der Waals surface area contributed by atoms with Gasteiger partial charge in [-0.3, -0.25) is 9.69 Å². The molecule has 2 bridgehead atoms. The zero-order chi connectivity index (χ0) is 14.1. The maximum atomic E-state index is 12.2. The molecule has 0 aromatic carbocycles. The Morgan fingerprint density at radius 1 is 1.50 bits per heavy atom. The van der Waals surface area contributed by atoms with Crippen molar-refractivity contribution in [2.24, 2.45) is 5.73 Å². The van der Waals surface area contributed by atoms with Crippen molar-refractivity contribution in [1.82, 2.24) is 10.2 Å². The highest BCUT2D eigenvalue weighted by molar-refractivity contribution is 5.78. The van der Waals surface area contributed by atoms with Crippen molar-refractivity contribution < 1.29 is 9.21 Å². The Labute approximate surface area is 119 Å². The Morgan fingerprint density at radius 2 is 2.20 bits per heavy atom. The second kappa shape index (κ2) is 5.58. The highest BCUT2D eigenvalue weighted by Gasteiger charge is 2.40. The van der Waals surface area contributed by atoms with Crippen LogP contribution in [-0.2, 0) is 4.79 Å². The van der Waals surface area contributed by atoms with Gasteiger partial charge in [-0.1, -0.05) is 0 Å². The molecule has 3 atom stereocenters. The molecule has 3 heterocycles. The number of furan rings is 1. The van der Waals surface area contributed by atoms with Crippen LogP contribution in [-0.4, -0.2) is 35.5 Å². The third-order valence-electron chi connectivity index (χ3n) is 4.59. The number of carbonyl (C=O) groups excluding carboxylic acids is 1. The average Bonchev–Trinajstić information content (AvgIpc) is 2.99. The number of nitrogens with zero attached hydrogens (tertiary/aromatic N) is 1. The summed E-state index contributed by atoms with van der Waals surface area (Å²) >= 11 is 0. The number of piperidine rings is 1. The van der Waals surface area contributed by atoms with Crippen molar-refractivity contribution in [2.75, 3.05) is 6.54 Å². The molecule has 2 aliphatic heterocycles. The van der Waals surface area contributed by atoms with E-state index in [0.717, 1.165) is 18.6 Å². The summed E-state index contributed by atoms with van der Waals surface area (Å²) in [7, 11) is 0. The molecular formula is C15H23N3O2. The van der Waals surface area contributed by atoms with E-state index in [1.165, 1.54) is 12.8 Å². The first-order valence-corrected chi connectivity index (χ1v) is 7.47. The Kier molecular flexibility index (Phi) is 3.81. The lowest BCUT2D eigenvalue weighted by molar-refractivity contribution is -0.124. The largest absolute Gasteiger partial charge is 0.467 e. The fourth-order valence-corrected chi connectivity index (χ4v) is 3.64. The zero-order valence-corrected chi connectivity index (χ0v) is 11.9. The molecule has 2 aliphatic rings. The molecule has 3 unspecified atom stereocenters. The Balaban J connectivity index is 1.54. The molecule has 0 spiro atoms. The minimum Gasteiger partial charge on any atom is -0.467 e. The normalized spacial score (nSPS) is 31.2. The van der Waals surface area contributed by atoms with Gasteiger partial charge < -0.3 is 15.5 Å². The molecule has 1 amide bonds. The van der Waals surface area contributed by atoms with Crippen LogP contribution in [0.1, 0.15) is 44.4 Å². The summed E-state index contributed by atoms with van der Waals surface area (Å²) in [6.07, 6.45) is 6.04. The Morgan fingerprint density at radius 3 is 2.80 bits per heavy atom. The van der Waals surface area contributed by atoms with Gasteiger partial charge in [-0.05, 0) is 44.7 Å². The number of hydrogen-bond acceptors (Lipinski definition) is 4. The summed E-state index contributed by atoms with van der Waals surface area (Å²) in [5.41, 5.74) is 6.05. The summed E-state index contributed by atoms with van der Waals surface area (Å²) < 4.78 is 5.31. The van der Waals surface area contributed by atoms with Gasteiger partial charge in [0, 0.05) is 18.1 Å². The molecule has 5 nitrogen and oxygen atoms in total. The second-order valence-corrected chi connectivity index (χ2v) is 6.09. The first-order valence-electron chi connectivity index (χ1n) is 7.47. The minimum atomic E-state index is -0.0813. The van der Waals surface area contributed by atoms with Gasteiger partial charge in [-0.2, -0.15) is 0 Å². The predicted molar refractivity (Wildman–Crippen MR) is 76.0 cm³/mol. The fraction of sp³-hybridized carbons (Fsp3) is 0.667. The van der Waals surface area contributed by atoms with E-state index in [0.29, 0.717) is 24.7 Å². The molecule has 2 fully saturated rings. The summed E-state index contributed by atoms with van der Waals surface area (Å²) in [6.45, 7) is 2.42. The van der Waals surface area contributed by atoms with Gasteiger partial charge in [0.1, 0.15) is 5.76 Å². The molecule has 0 radical (unpaired) electrons. The van der Waals surface area contributed by atoms with Crippen molar-refractivity contribution >= 4 is 5.91 Å². The Hall–Kier alpha value is -1.33. The van der Waals surface area contributed by atoms with E-state index in [4.69, 9.17) is 10.2 Å². The van der Waals surface area contributed by atoms with E-state index in [1.54, 1.807) is 6.26 Å². The Bertz CT molecular complexity index is 446. The maximum absolute atomic E-state index is 12.2. The highest BCUT2D eigenvalue weighted by Crippen LogP contribution is 2.34.